The van der Waals surface area contributed by atoms with Gasteiger partial charge in [-0.1, -0.05) is 13.3 Å². The predicted octanol–water partition coefficient (Wildman–Crippen LogP) is 2.06. The summed E-state index contributed by atoms with van der Waals surface area (Å²) in [6, 6.07) is 3.78. The van der Waals surface area contributed by atoms with Crippen LogP contribution in [0.5, 0.6) is 0 Å². The first kappa shape index (κ1) is 13.9. The van der Waals surface area contributed by atoms with E-state index in [-0.39, 0.29) is 11.9 Å². The van der Waals surface area contributed by atoms with E-state index in [0.717, 1.165) is 25.7 Å². The molecule has 1 amide bonds. The van der Waals surface area contributed by atoms with E-state index in [1.165, 1.54) is 19.3 Å². The van der Waals surface area contributed by atoms with Crippen LogP contribution in [-0.4, -0.2) is 36.0 Å². The van der Waals surface area contributed by atoms with Crippen molar-refractivity contribution in [3.05, 3.63) is 0 Å². The minimum Gasteiger partial charge on any atom is -0.352 e. The summed E-state index contributed by atoms with van der Waals surface area (Å²) in [5.74, 6) is 0.503. The Kier molecular flexibility index (Phi) is 3.50. The lowest BCUT2D eigenvalue weighted by Gasteiger charge is -2.48. The minimum atomic E-state index is -0.724. The largest absolute Gasteiger partial charge is 0.352 e. The smallest absolute Gasteiger partial charge is 0.240 e. The number of nitrogens with zero attached hydrogens (tertiary/aromatic N) is 2. The van der Waals surface area contributed by atoms with Crippen molar-refractivity contribution in [2.24, 2.45) is 11.3 Å². The van der Waals surface area contributed by atoms with Gasteiger partial charge in [-0.25, -0.2) is 0 Å². The van der Waals surface area contributed by atoms with Crippen LogP contribution in [0.2, 0.25) is 0 Å². The Morgan fingerprint density at radius 1 is 1.30 bits per heavy atom. The van der Waals surface area contributed by atoms with Crippen LogP contribution in [0.1, 0.15) is 51.9 Å². The van der Waals surface area contributed by atoms with Crippen molar-refractivity contribution < 1.29 is 4.79 Å². The standard InChI is InChI=1S/C16H25N3O/c1-11-8-16(9-11,10-17)15(20)18-12-6-13-4-3-5-14(7-12)19(13)2/h11-14H,3-9H2,1-2H3,(H,18,20). The fourth-order valence-electron chi connectivity index (χ4n) is 4.51. The molecule has 2 heterocycles. The van der Waals surface area contributed by atoms with Gasteiger partial charge in [0, 0.05) is 18.1 Å². The monoisotopic (exact) mass is 275 g/mol. The van der Waals surface area contributed by atoms with E-state index in [4.69, 9.17) is 0 Å². The Hall–Kier alpha value is -1.08. The number of piperidine rings is 2. The molecule has 2 saturated heterocycles. The summed E-state index contributed by atoms with van der Waals surface area (Å²) in [5.41, 5.74) is -0.724. The molecule has 4 nitrogen and oxygen atoms in total. The van der Waals surface area contributed by atoms with Gasteiger partial charge in [0.2, 0.25) is 5.91 Å². The van der Waals surface area contributed by atoms with Crippen molar-refractivity contribution in [1.82, 2.24) is 10.2 Å². The number of carbonyl (C=O) groups excluding carboxylic acids is 1. The van der Waals surface area contributed by atoms with Crippen LogP contribution in [0.3, 0.4) is 0 Å². The molecule has 0 aromatic carbocycles. The molecule has 0 radical (unpaired) electrons. The second-order valence-corrected chi connectivity index (χ2v) is 7.25. The van der Waals surface area contributed by atoms with E-state index in [1.54, 1.807) is 0 Å². The number of carbonyl (C=O) groups is 1. The van der Waals surface area contributed by atoms with Crippen LogP contribution in [0.25, 0.3) is 0 Å². The Morgan fingerprint density at radius 2 is 1.90 bits per heavy atom. The Labute approximate surface area is 121 Å². The first-order valence-electron chi connectivity index (χ1n) is 7.98. The highest BCUT2D eigenvalue weighted by atomic mass is 16.2. The fourth-order valence-corrected chi connectivity index (χ4v) is 4.51. The normalized spacial score (nSPS) is 44.2. The maximum atomic E-state index is 12.4. The predicted molar refractivity (Wildman–Crippen MR) is 76.8 cm³/mol. The van der Waals surface area contributed by atoms with E-state index in [1.807, 2.05) is 0 Å². The molecule has 1 aliphatic carbocycles. The van der Waals surface area contributed by atoms with Crippen molar-refractivity contribution in [3.8, 4) is 6.07 Å². The zero-order chi connectivity index (χ0) is 14.3. The minimum absolute atomic E-state index is 0.00859. The zero-order valence-corrected chi connectivity index (χ0v) is 12.6. The summed E-state index contributed by atoms with van der Waals surface area (Å²) in [5, 5.41) is 12.5. The maximum Gasteiger partial charge on any atom is 0.240 e. The average Bonchev–Trinajstić information content (AvgIpc) is 2.35. The fraction of sp³-hybridized carbons (Fsp3) is 0.875. The molecule has 0 aromatic rings. The van der Waals surface area contributed by atoms with E-state index < -0.39 is 5.41 Å². The lowest BCUT2D eigenvalue weighted by atomic mass is 9.63. The summed E-state index contributed by atoms with van der Waals surface area (Å²) in [4.78, 5) is 14.9. The first-order chi connectivity index (χ1) is 9.54. The van der Waals surface area contributed by atoms with Crippen molar-refractivity contribution in [1.29, 1.82) is 5.26 Å². The van der Waals surface area contributed by atoms with Crippen molar-refractivity contribution in [2.75, 3.05) is 7.05 Å². The molecule has 0 aromatic heterocycles. The molecule has 0 spiro atoms. The highest BCUT2D eigenvalue weighted by molar-refractivity contribution is 5.86. The average molecular weight is 275 g/mol. The first-order valence-corrected chi connectivity index (χ1v) is 7.98. The quantitative estimate of drug-likeness (QED) is 0.839. The van der Waals surface area contributed by atoms with Crippen molar-refractivity contribution in [3.63, 3.8) is 0 Å². The lowest BCUT2D eigenvalue weighted by molar-refractivity contribution is -0.135. The summed E-state index contributed by atoms with van der Waals surface area (Å²) >= 11 is 0. The molecular formula is C16H25N3O. The molecule has 2 bridgehead atoms. The third-order valence-electron chi connectivity index (χ3n) is 5.72. The second-order valence-electron chi connectivity index (χ2n) is 7.25. The van der Waals surface area contributed by atoms with Crippen LogP contribution in [0.15, 0.2) is 0 Å². The van der Waals surface area contributed by atoms with Gasteiger partial charge in [0.15, 0.2) is 0 Å². The van der Waals surface area contributed by atoms with Crippen LogP contribution in [-0.2, 0) is 4.79 Å². The molecule has 2 aliphatic heterocycles. The van der Waals surface area contributed by atoms with Crippen LogP contribution in [0.4, 0.5) is 0 Å². The number of rotatable bonds is 2. The van der Waals surface area contributed by atoms with Gasteiger partial charge in [-0.2, -0.15) is 5.26 Å². The molecule has 20 heavy (non-hydrogen) atoms. The maximum absolute atomic E-state index is 12.4. The number of nitriles is 1. The van der Waals surface area contributed by atoms with Crippen LogP contribution >= 0.6 is 0 Å². The molecule has 1 saturated carbocycles. The zero-order valence-electron chi connectivity index (χ0n) is 12.6. The summed E-state index contributed by atoms with van der Waals surface area (Å²) in [6.07, 6.45) is 7.38. The summed E-state index contributed by atoms with van der Waals surface area (Å²) in [6.45, 7) is 2.11. The van der Waals surface area contributed by atoms with Gasteiger partial charge in [0.25, 0.3) is 0 Å². The van der Waals surface area contributed by atoms with Gasteiger partial charge in [-0.15, -0.1) is 0 Å². The molecule has 110 valence electrons. The van der Waals surface area contributed by atoms with E-state index >= 15 is 0 Å². The van der Waals surface area contributed by atoms with Gasteiger partial charge < -0.3 is 10.2 Å². The van der Waals surface area contributed by atoms with E-state index in [2.05, 4.69) is 30.3 Å². The molecule has 3 rings (SSSR count). The number of hydrogen-bond donors (Lipinski definition) is 1. The van der Waals surface area contributed by atoms with Crippen molar-refractivity contribution >= 4 is 5.91 Å². The number of hydrogen-bond acceptors (Lipinski definition) is 3. The Balaban J connectivity index is 1.61. The number of nitrogens with one attached hydrogen (secondary N) is 1. The highest BCUT2D eigenvalue weighted by Gasteiger charge is 2.50. The van der Waals surface area contributed by atoms with Gasteiger partial charge in [0.05, 0.1) is 6.07 Å². The van der Waals surface area contributed by atoms with Gasteiger partial charge in [0.1, 0.15) is 5.41 Å². The molecule has 2 unspecified atom stereocenters. The lowest BCUT2D eigenvalue weighted by Crippen LogP contribution is -2.58. The summed E-state index contributed by atoms with van der Waals surface area (Å²) < 4.78 is 0. The topological polar surface area (TPSA) is 56.1 Å². The van der Waals surface area contributed by atoms with Gasteiger partial charge in [-0.05, 0) is 51.5 Å². The molecule has 3 aliphatic rings. The highest BCUT2D eigenvalue weighted by Crippen LogP contribution is 2.45. The number of amides is 1. The summed E-state index contributed by atoms with van der Waals surface area (Å²) in [7, 11) is 2.22. The van der Waals surface area contributed by atoms with Crippen LogP contribution < -0.4 is 5.32 Å². The third kappa shape index (κ3) is 2.22. The molecule has 4 heteroatoms. The van der Waals surface area contributed by atoms with Crippen LogP contribution in [0, 0.1) is 22.7 Å². The second kappa shape index (κ2) is 5.04. The number of fused-ring (bicyclic) bond motifs is 2. The van der Waals surface area contributed by atoms with Gasteiger partial charge >= 0.3 is 0 Å². The molecular weight excluding hydrogens is 250 g/mol. The van der Waals surface area contributed by atoms with E-state index in [0.29, 0.717) is 18.0 Å². The molecule has 1 N–H and O–H groups in total. The SMILES string of the molecule is CC1CC(C#N)(C(=O)NC2CC3CCCC(C2)N3C)C1. The molecule has 3 fully saturated rings. The molecule has 2 atom stereocenters. The van der Waals surface area contributed by atoms with Crippen molar-refractivity contribution in [2.45, 2.75) is 70.0 Å². The Bertz CT molecular complexity index is 421. The van der Waals surface area contributed by atoms with E-state index in [9.17, 15) is 10.1 Å². The third-order valence-corrected chi connectivity index (χ3v) is 5.72. The Morgan fingerprint density at radius 3 is 2.40 bits per heavy atom. The van der Waals surface area contributed by atoms with Gasteiger partial charge in [-0.3, -0.25) is 4.79 Å².